The molecule has 2 rings (SSSR count). The number of carbonyl (C=O) groups is 1. The van der Waals surface area contributed by atoms with Gasteiger partial charge >= 0.3 is 0 Å². The fourth-order valence-electron chi connectivity index (χ4n) is 1.90. The molecular weight excluding hydrogens is 294 g/mol. The zero-order valence-electron chi connectivity index (χ0n) is 13.0. The summed E-state index contributed by atoms with van der Waals surface area (Å²) >= 11 is 1.73. The van der Waals surface area contributed by atoms with Gasteiger partial charge in [-0.1, -0.05) is 29.8 Å². The number of nitrogens with one attached hydrogen (secondary N) is 1. The summed E-state index contributed by atoms with van der Waals surface area (Å²) < 4.78 is 5.46. The molecule has 0 aromatic heterocycles. The zero-order chi connectivity index (χ0) is 15.8. The molecule has 1 amide bonds. The van der Waals surface area contributed by atoms with Crippen molar-refractivity contribution < 1.29 is 9.53 Å². The lowest BCUT2D eigenvalue weighted by Gasteiger charge is -2.08. The summed E-state index contributed by atoms with van der Waals surface area (Å²) in [6.07, 6.45) is 0. The van der Waals surface area contributed by atoms with E-state index in [9.17, 15) is 4.79 Å². The third-order valence-electron chi connectivity index (χ3n) is 3.07. The molecule has 3 nitrogen and oxygen atoms in total. The van der Waals surface area contributed by atoms with Crippen molar-refractivity contribution in [2.24, 2.45) is 0 Å². The average Bonchev–Trinajstić information content (AvgIpc) is 2.51. The molecule has 2 aromatic rings. The second-order valence-electron chi connectivity index (χ2n) is 5.12. The second kappa shape index (κ2) is 8.49. The van der Waals surface area contributed by atoms with Crippen LogP contribution in [0.25, 0.3) is 0 Å². The summed E-state index contributed by atoms with van der Waals surface area (Å²) in [6.45, 7) is 4.76. The number of aryl methyl sites for hydroxylation is 2. The molecule has 0 radical (unpaired) electrons. The first-order valence-corrected chi connectivity index (χ1v) is 8.28. The maximum atomic E-state index is 11.7. The maximum Gasteiger partial charge on any atom is 0.257 e. The van der Waals surface area contributed by atoms with E-state index in [4.69, 9.17) is 4.74 Å². The highest BCUT2D eigenvalue weighted by Crippen LogP contribution is 2.17. The largest absolute Gasteiger partial charge is 0.484 e. The van der Waals surface area contributed by atoms with Crippen LogP contribution in [0.1, 0.15) is 11.1 Å². The summed E-state index contributed by atoms with van der Waals surface area (Å²) in [5.74, 6) is 1.48. The van der Waals surface area contributed by atoms with Crippen molar-refractivity contribution in [1.82, 2.24) is 5.32 Å². The minimum atomic E-state index is -0.0917. The molecule has 0 saturated carbocycles. The Morgan fingerprint density at radius 1 is 1.09 bits per heavy atom. The predicted molar refractivity (Wildman–Crippen MR) is 91.6 cm³/mol. The Bertz CT molecular complexity index is 611. The van der Waals surface area contributed by atoms with Crippen molar-refractivity contribution in [3.63, 3.8) is 0 Å². The molecule has 0 aliphatic heterocycles. The summed E-state index contributed by atoms with van der Waals surface area (Å²) in [4.78, 5) is 12.9. The second-order valence-corrected chi connectivity index (χ2v) is 6.28. The van der Waals surface area contributed by atoms with Gasteiger partial charge in [-0.3, -0.25) is 4.79 Å². The molecule has 0 spiro atoms. The molecule has 22 heavy (non-hydrogen) atoms. The molecule has 0 saturated heterocycles. The van der Waals surface area contributed by atoms with Crippen molar-refractivity contribution in [3.8, 4) is 5.75 Å². The number of hydrogen-bond acceptors (Lipinski definition) is 3. The standard InChI is InChI=1S/C18H21NO2S/c1-14-6-8-17(9-7-14)22-11-10-19-18(20)13-21-16-5-3-4-15(2)12-16/h3-9,12H,10-11,13H2,1-2H3,(H,19,20). The molecule has 0 unspecified atom stereocenters. The van der Waals surface area contributed by atoms with Crippen molar-refractivity contribution >= 4 is 17.7 Å². The summed E-state index contributed by atoms with van der Waals surface area (Å²) in [7, 11) is 0. The summed E-state index contributed by atoms with van der Waals surface area (Å²) in [5.41, 5.74) is 2.37. The van der Waals surface area contributed by atoms with Crippen LogP contribution in [0.4, 0.5) is 0 Å². The van der Waals surface area contributed by atoms with Crippen molar-refractivity contribution in [1.29, 1.82) is 0 Å². The van der Waals surface area contributed by atoms with Crippen LogP contribution in [0.2, 0.25) is 0 Å². The van der Waals surface area contributed by atoms with Gasteiger partial charge in [0.15, 0.2) is 6.61 Å². The SMILES string of the molecule is Cc1ccc(SCCNC(=O)COc2cccc(C)c2)cc1. The highest BCUT2D eigenvalue weighted by Gasteiger charge is 2.02. The van der Waals surface area contributed by atoms with Gasteiger partial charge in [0.05, 0.1) is 0 Å². The molecule has 4 heteroatoms. The van der Waals surface area contributed by atoms with Gasteiger partial charge in [0.1, 0.15) is 5.75 Å². The van der Waals surface area contributed by atoms with Gasteiger partial charge < -0.3 is 10.1 Å². The highest BCUT2D eigenvalue weighted by atomic mass is 32.2. The van der Waals surface area contributed by atoms with E-state index in [2.05, 4.69) is 36.5 Å². The van der Waals surface area contributed by atoms with Crippen LogP contribution in [0, 0.1) is 13.8 Å². The lowest BCUT2D eigenvalue weighted by molar-refractivity contribution is -0.122. The summed E-state index contributed by atoms with van der Waals surface area (Å²) in [5, 5.41) is 2.86. The van der Waals surface area contributed by atoms with E-state index in [1.165, 1.54) is 10.5 Å². The van der Waals surface area contributed by atoms with Gasteiger partial charge in [-0.05, 0) is 43.7 Å². The number of thioether (sulfide) groups is 1. The molecule has 116 valence electrons. The van der Waals surface area contributed by atoms with Crippen LogP contribution in [-0.4, -0.2) is 24.8 Å². The van der Waals surface area contributed by atoms with Gasteiger partial charge in [0, 0.05) is 17.2 Å². The third-order valence-corrected chi connectivity index (χ3v) is 4.09. The van der Waals surface area contributed by atoms with E-state index in [1.807, 2.05) is 31.2 Å². The molecule has 2 aromatic carbocycles. The minimum Gasteiger partial charge on any atom is -0.484 e. The Balaban J connectivity index is 1.62. The lowest BCUT2D eigenvalue weighted by atomic mass is 10.2. The molecule has 0 aliphatic carbocycles. The van der Waals surface area contributed by atoms with Gasteiger partial charge in [0.25, 0.3) is 5.91 Å². The molecular formula is C18H21NO2S. The number of carbonyl (C=O) groups excluding carboxylic acids is 1. The van der Waals surface area contributed by atoms with Crippen molar-refractivity contribution in [3.05, 3.63) is 59.7 Å². The Morgan fingerprint density at radius 3 is 2.59 bits per heavy atom. The topological polar surface area (TPSA) is 38.3 Å². The van der Waals surface area contributed by atoms with Crippen LogP contribution >= 0.6 is 11.8 Å². The molecule has 0 fully saturated rings. The smallest absolute Gasteiger partial charge is 0.257 e. The molecule has 0 heterocycles. The lowest BCUT2D eigenvalue weighted by Crippen LogP contribution is -2.30. The molecule has 0 atom stereocenters. The summed E-state index contributed by atoms with van der Waals surface area (Å²) in [6, 6.07) is 16.1. The quantitative estimate of drug-likeness (QED) is 0.627. The van der Waals surface area contributed by atoms with E-state index in [-0.39, 0.29) is 12.5 Å². The van der Waals surface area contributed by atoms with Crippen molar-refractivity contribution in [2.45, 2.75) is 18.7 Å². The molecule has 1 N–H and O–H groups in total. The van der Waals surface area contributed by atoms with Crippen molar-refractivity contribution in [2.75, 3.05) is 18.9 Å². The number of hydrogen-bond donors (Lipinski definition) is 1. The van der Waals surface area contributed by atoms with Gasteiger partial charge in [-0.25, -0.2) is 0 Å². The van der Waals surface area contributed by atoms with E-state index in [1.54, 1.807) is 11.8 Å². The van der Waals surface area contributed by atoms with Crippen LogP contribution < -0.4 is 10.1 Å². The van der Waals surface area contributed by atoms with Crippen LogP contribution in [-0.2, 0) is 4.79 Å². The van der Waals surface area contributed by atoms with Crippen LogP contribution in [0.3, 0.4) is 0 Å². The fourth-order valence-corrected chi connectivity index (χ4v) is 2.67. The Kier molecular flexibility index (Phi) is 6.34. The number of ether oxygens (including phenoxy) is 1. The molecule has 0 aliphatic rings. The maximum absolute atomic E-state index is 11.7. The van der Waals surface area contributed by atoms with Gasteiger partial charge in [-0.2, -0.15) is 0 Å². The van der Waals surface area contributed by atoms with Gasteiger partial charge in [0.2, 0.25) is 0 Å². The van der Waals surface area contributed by atoms with E-state index in [0.717, 1.165) is 17.1 Å². The Hall–Kier alpha value is -1.94. The van der Waals surface area contributed by atoms with E-state index >= 15 is 0 Å². The minimum absolute atomic E-state index is 0.0542. The van der Waals surface area contributed by atoms with E-state index in [0.29, 0.717) is 6.54 Å². The third kappa shape index (κ3) is 5.82. The highest BCUT2D eigenvalue weighted by molar-refractivity contribution is 7.99. The van der Waals surface area contributed by atoms with Crippen LogP contribution in [0.15, 0.2) is 53.4 Å². The first kappa shape index (κ1) is 16.4. The number of rotatable bonds is 7. The molecule has 0 bridgehead atoms. The monoisotopic (exact) mass is 315 g/mol. The van der Waals surface area contributed by atoms with E-state index < -0.39 is 0 Å². The Labute approximate surface area is 136 Å². The average molecular weight is 315 g/mol. The predicted octanol–water partition coefficient (Wildman–Crippen LogP) is 3.59. The zero-order valence-corrected chi connectivity index (χ0v) is 13.8. The van der Waals surface area contributed by atoms with Gasteiger partial charge in [-0.15, -0.1) is 11.8 Å². The van der Waals surface area contributed by atoms with Crippen LogP contribution in [0.5, 0.6) is 5.75 Å². The first-order chi connectivity index (χ1) is 10.6. The number of amides is 1. The normalized spacial score (nSPS) is 10.3. The Morgan fingerprint density at radius 2 is 1.86 bits per heavy atom. The first-order valence-electron chi connectivity index (χ1n) is 7.29. The number of benzene rings is 2. The fraction of sp³-hybridized carbons (Fsp3) is 0.278.